The molecule has 148 valence electrons. The molecule has 0 amide bonds. The number of oxazole rings is 1. The number of nitrogens with zero attached hydrogens (tertiary/aromatic N) is 5. The van der Waals surface area contributed by atoms with E-state index >= 15 is 0 Å². The molecule has 8 nitrogen and oxygen atoms in total. The third-order valence-electron chi connectivity index (χ3n) is 4.08. The van der Waals surface area contributed by atoms with Crippen molar-refractivity contribution in [2.45, 2.75) is 46.2 Å². The van der Waals surface area contributed by atoms with Crippen LogP contribution in [-0.4, -0.2) is 32.3 Å². The Bertz CT molecular complexity index is 890. The Kier molecular flexibility index (Phi) is 6.08. The predicted octanol–water partition coefficient (Wildman–Crippen LogP) is 2.81. The number of aromatic nitrogens is 4. The number of aliphatic imine (C=N–C) groups is 1. The highest BCUT2D eigenvalue weighted by Gasteiger charge is 2.19. The quantitative estimate of drug-likeness (QED) is 0.504. The average molecular weight is 381 g/mol. The van der Waals surface area contributed by atoms with E-state index in [0.717, 1.165) is 29.5 Å². The fraction of sp³-hybridized carbons (Fsp3) is 0.400. The lowest BCUT2D eigenvalue weighted by Crippen LogP contribution is -2.36. The SMILES string of the molecule is CCNC(=NCc1ccc(-n2cncn2)cc1)NCc1ncc(C(C)(C)C)o1. The number of guanidine groups is 1. The van der Waals surface area contributed by atoms with Crippen LogP contribution in [0, 0.1) is 0 Å². The number of rotatable bonds is 6. The molecule has 3 rings (SSSR count). The van der Waals surface area contributed by atoms with Gasteiger partial charge in [-0.25, -0.2) is 19.6 Å². The molecule has 0 aliphatic rings. The van der Waals surface area contributed by atoms with Gasteiger partial charge >= 0.3 is 0 Å². The monoisotopic (exact) mass is 381 g/mol. The average Bonchev–Trinajstić information content (AvgIpc) is 3.36. The van der Waals surface area contributed by atoms with E-state index in [2.05, 4.69) is 51.5 Å². The largest absolute Gasteiger partial charge is 0.443 e. The van der Waals surface area contributed by atoms with Gasteiger partial charge in [0.1, 0.15) is 18.4 Å². The number of hydrogen-bond donors (Lipinski definition) is 2. The van der Waals surface area contributed by atoms with E-state index in [1.54, 1.807) is 17.2 Å². The van der Waals surface area contributed by atoms with Crippen LogP contribution < -0.4 is 10.6 Å². The summed E-state index contributed by atoms with van der Waals surface area (Å²) < 4.78 is 7.54. The van der Waals surface area contributed by atoms with Crippen molar-refractivity contribution in [3.05, 3.63) is 60.3 Å². The van der Waals surface area contributed by atoms with Crippen LogP contribution >= 0.6 is 0 Å². The second-order valence-electron chi connectivity index (χ2n) is 7.42. The Balaban J connectivity index is 1.60. The smallest absolute Gasteiger partial charge is 0.213 e. The maximum Gasteiger partial charge on any atom is 0.213 e. The molecule has 0 atom stereocenters. The van der Waals surface area contributed by atoms with Crippen molar-refractivity contribution in [2.75, 3.05) is 6.54 Å². The van der Waals surface area contributed by atoms with E-state index in [1.165, 1.54) is 6.33 Å². The molecule has 28 heavy (non-hydrogen) atoms. The van der Waals surface area contributed by atoms with Gasteiger partial charge in [-0.15, -0.1) is 0 Å². The topological polar surface area (TPSA) is 93.2 Å². The second-order valence-corrected chi connectivity index (χ2v) is 7.42. The first-order valence-electron chi connectivity index (χ1n) is 9.37. The summed E-state index contributed by atoms with van der Waals surface area (Å²) in [4.78, 5) is 12.9. The number of nitrogens with one attached hydrogen (secondary N) is 2. The highest BCUT2D eigenvalue weighted by Crippen LogP contribution is 2.22. The summed E-state index contributed by atoms with van der Waals surface area (Å²) in [6.45, 7) is 10.2. The van der Waals surface area contributed by atoms with Crippen LogP contribution in [0.25, 0.3) is 5.69 Å². The van der Waals surface area contributed by atoms with Crippen molar-refractivity contribution in [3.8, 4) is 5.69 Å². The minimum absolute atomic E-state index is 0.0533. The fourth-order valence-corrected chi connectivity index (χ4v) is 2.51. The Labute approximate surface area is 165 Å². The molecule has 1 aromatic carbocycles. The number of benzene rings is 1. The van der Waals surface area contributed by atoms with Crippen molar-refractivity contribution in [3.63, 3.8) is 0 Å². The van der Waals surface area contributed by atoms with Crippen LogP contribution in [0.4, 0.5) is 0 Å². The van der Waals surface area contributed by atoms with Gasteiger partial charge in [-0.3, -0.25) is 0 Å². The van der Waals surface area contributed by atoms with Crippen molar-refractivity contribution in [2.24, 2.45) is 4.99 Å². The fourth-order valence-electron chi connectivity index (χ4n) is 2.51. The standard InChI is InChI=1S/C20H27N7O/c1-5-22-19(25-12-18-23-11-17(28-18)20(2,3)4)24-10-15-6-8-16(9-7-15)27-14-21-13-26-27/h6-9,11,13-14H,5,10,12H2,1-4H3,(H2,22,24,25). The zero-order chi connectivity index (χ0) is 20.0. The lowest BCUT2D eigenvalue weighted by Gasteiger charge is -2.13. The molecule has 0 spiro atoms. The van der Waals surface area contributed by atoms with Gasteiger partial charge in [-0.2, -0.15) is 5.10 Å². The first kappa shape index (κ1) is 19.6. The molecule has 0 unspecified atom stereocenters. The molecule has 2 heterocycles. The molecule has 3 aromatic rings. The third-order valence-corrected chi connectivity index (χ3v) is 4.08. The predicted molar refractivity (Wildman–Crippen MR) is 108 cm³/mol. The first-order chi connectivity index (χ1) is 13.5. The van der Waals surface area contributed by atoms with Crippen molar-refractivity contribution in [1.29, 1.82) is 0 Å². The van der Waals surface area contributed by atoms with Gasteiger partial charge in [0, 0.05) is 12.0 Å². The van der Waals surface area contributed by atoms with Gasteiger partial charge < -0.3 is 15.1 Å². The van der Waals surface area contributed by atoms with Gasteiger partial charge in [0.05, 0.1) is 25.0 Å². The maximum absolute atomic E-state index is 5.82. The first-order valence-corrected chi connectivity index (χ1v) is 9.37. The molecule has 0 fully saturated rings. The van der Waals surface area contributed by atoms with Gasteiger partial charge in [0.2, 0.25) is 5.89 Å². The molecule has 0 saturated carbocycles. The molecule has 0 radical (unpaired) electrons. The Morgan fingerprint density at radius 2 is 1.96 bits per heavy atom. The molecule has 0 saturated heterocycles. The maximum atomic E-state index is 5.82. The van der Waals surface area contributed by atoms with Gasteiger partial charge in [0.25, 0.3) is 0 Å². The molecular formula is C20H27N7O. The van der Waals surface area contributed by atoms with Crippen LogP contribution in [0.1, 0.15) is 44.9 Å². The van der Waals surface area contributed by atoms with E-state index in [9.17, 15) is 0 Å². The molecule has 2 aromatic heterocycles. The minimum Gasteiger partial charge on any atom is -0.443 e. The van der Waals surface area contributed by atoms with E-state index < -0.39 is 0 Å². The summed E-state index contributed by atoms with van der Waals surface area (Å²) in [5, 5.41) is 10.6. The summed E-state index contributed by atoms with van der Waals surface area (Å²) in [6.07, 6.45) is 4.98. The van der Waals surface area contributed by atoms with Gasteiger partial charge in [-0.05, 0) is 24.6 Å². The highest BCUT2D eigenvalue weighted by molar-refractivity contribution is 5.79. The van der Waals surface area contributed by atoms with E-state index in [0.29, 0.717) is 19.0 Å². The summed E-state index contributed by atoms with van der Waals surface area (Å²) in [6, 6.07) is 8.07. The van der Waals surface area contributed by atoms with Crippen molar-refractivity contribution < 1.29 is 4.42 Å². The van der Waals surface area contributed by atoms with E-state index in [1.807, 2.05) is 31.2 Å². The number of hydrogen-bond acceptors (Lipinski definition) is 5. The Morgan fingerprint density at radius 1 is 1.18 bits per heavy atom. The van der Waals surface area contributed by atoms with Crippen LogP contribution in [0.15, 0.2) is 52.5 Å². The van der Waals surface area contributed by atoms with Crippen LogP contribution in [0.2, 0.25) is 0 Å². The Hall–Kier alpha value is -3.16. The lowest BCUT2D eigenvalue weighted by molar-refractivity contribution is 0.379. The van der Waals surface area contributed by atoms with Crippen LogP contribution in [0.3, 0.4) is 0 Å². The molecular weight excluding hydrogens is 354 g/mol. The normalized spacial score (nSPS) is 12.2. The summed E-state index contributed by atoms with van der Waals surface area (Å²) in [7, 11) is 0. The molecule has 8 heteroatoms. The zero-order valence-corrected chi connectivity index (χ0v) is 16.8. The van der Waals surface area contributed by atoms with Crippen LogP contribution in [0.5, 0.6) is 0 Å². The van der Waals surface area contributed by atoms with Crippen molar-refractivity contribution >= 4 is 5.96 Å². The summed E-state index contributed by atoms with van der Waals surface area (Å²) >= 11 is 0. The third kappa shape index (κ3) is 5.18. The van der Waals surface area contributed by atoms with Crippen molar-refractivity contribution in [1.82, 2.24) is 30.4 Å². The summed E-state index contributed by atoms with van der Waals surface area (Å²) in [5.74, 6) is 2.24. The van der Waals surface area contributed by atoms with Gasteiger partial charge in [0.15, 0.2) is 5.96 Å². The summed E-state index contributed by atoms with van der Waals surface area (Å²) in [5.41, 5.74) is 2.02. The zero-order valence-electron chi connectivity index (χ0n) is 16.8. The molecule has 0 aliphatic carbocycles. The van der Waals surface area contributed by atoms with E-state index in [4.69, 9.17) is 4.42 Å². The minimum atomic E-state index is -0.0533. The van der Waals surface area contributed by atoms with E-state index in [-0.39, 0.29) is 5.41 Å². The molecule has 2 N–H and O–H groups in total. The second kappa shape index (κ2) is 8.69. The lowest BCUT2D eigenvalue weighted by atomic mass is 9.94. The molecule has 0 aliphatic heterocycles. The van der Waals surface area contributed by atoms with Gasteiger partial charge in [-0.1, -0.05) is 32.9 Å². The Morgan fingerprint density at radius 3 is 2.57 bits per heavy atom. The highest BCUT2D eigenvalue weighted by atomic mass is 16.4. The van der Waals surface area contributed by atoms with Crippen LogP contribution in [-0.2, 0) is 18.5 Å². The molecule has 0 bridgehead atoms.